The van der Waals surface area contributed by atoms with Crippen molar-refractivity contribution in [1.29, 1.82) is 0 Å². The lowest BCUT2D eigenvalue weighted by Gasteiger charge is -2.11. The molecular formula is C19H18ClN3O5S. The van der Waals surface area contributed by atoms with Gasteiger partial charge in [0.05, 0.1) is 4.90 Å². The van der Waals surface area contributed by atoms with Crippen LogP contribution in [0.4, 0.5) is 5.69 Å². The number of aryl methyl sites for hydroxylation is 1. The standard InChI is InChI=1S/C19H18ClN3O5S/c1-11-9-13(20)7-8-15(11)22-17(24)10-28-19(25)12(2)21-18-14-5-3-4-6-16(14)29(26,27)23-18/h3-9,12H,10H2,1-2H3,(H,21,23)(H,22,24)/t12-/m1/s1. The number of amidine groups is 1. The number of nitrogens with zero attached hydrogens (tertiary/aromatic N) is 1. The molecule has 0 saturated carbocycles. The maximum atomic E-state index is 12.2. The van der Waals surface area contributed by atoms with E-state index in [0.717, 1.165) is 5.56 Å². The Morgan fingerprint density at radius 2 is 1.97 bits per heavy atom. The highest BCUT2D eigenvalue weighted by atomic mass is 35.5. The Morgan fingerprint density at radius 1 is 1.24 bits per heavy atom. The summed E-state index contributed by atoms with van der Waals surface area (Å²) in [5.41, 5.74) is 1.70. The van der Waals surface area contributed by atoms with Gasteiger partial charge in [-0.1, -0.05) is 23.7 Å². The third kappa shape index (κ3) is 4.75. The molecule has 1 aliphatic rings. The summed E-state index contributed by atoms with van der Waals surface area (Å²) in [4.78, 5) is 28.4. The fourth-order valence-electron chi connectivity index (χ4n) is 2.69. The third-order valence-corrected chi connectivity index (χ3v) is 5.77. The Balaban J connectivity index is 1.61. The first-order chi connectivity index (χ1) is 13.7. The minimum atomic E-state index is -3.70. The second kappa shape index (κ2) is 8.22. The summed E-state index contributed by atoms with van der Waals surface area (Å²) in [6.45, 7) is 2.73. The number of sulfonamides is 1. The van der Waals surface area contributed by atoms with Crippen LogP contribution in [0.15, 0.2) is 52.4 Å². The van der Waals surface area contributed by atoms with Gasteiger partial charge in [-0.2, -0.15) is 0 Å². The molecule has 2 aromatic rings. The molecule has 0 spiro atoms. The average Bonchev–Trinajstić information content (AvgIpc) is 2.92. The monoisotopic (exact) mass is 435 g/mol. The van der Waals surface area contributed by atoms with Gasteiger partial charge < -0.3 is 10.1 Å². The van der Waals surface area contributed by atoms with E-state index in [4.69, 9.17) is 16.3 Å². The summed E-state index contributed by atoms with van der Waals surface area (Å²) >= 11 is 5.87. The Bertz CT molecular complexity index is 1110. The van der Waals surface area contributed by atoms with Crippen LogP contribution in [0.2, 0.25) is 5.02 Å². The van der Waals surface area contributed by atoms with Crippen molar-refractivity contribution in [1.82, 2.24) is 4.72 Å². The van der Waals surface area contributed by atoms with E-state index >= 15 is 0 Å². The molecule has 3 rings (SSSR count). The maximum absolute atomic E-state index is 12.2. The van der Waals surface area contributed by atoms with Crippen molar-refractivity contribution in [2.45, 2.75) is 24.8 Å². The SMILES string of the molecule is Cc1cc(Cl)ccc1NC(=O)COC(=O)[C@@H](C)N=C1NS(=O)(=O)c2ccccc21. The van der Waals surface area contributed by atoms with Gasteiger partial charge in [0.15, 0.2) is 6.61 Å². The molecule has 8 nitrogen and oxygen atoms in total. The zero-order valence-electron chi connectivity index (χ0n) is 15.6. The van der Waals surface area contributed by atoms with Crippen LogP contribution in [0.25, 0.3) is 0 Å². The zero-order valence-corrected chi connectivity index (χ0v) is 17.2. The number of hydrogen-bond acceptors (Lipinski definition) is 6. The fraction of sp³-hybridized carbons (Fsp3) is 0.211. The second-order valence-corrected chi connectivity index (χ2v) is 8.46. The van der Waals surface area contributed by atoms with Crippen molar-refractivity contribution in [2.24, 2.45) is 4.99 Å². The molecule has 0 aromatic heterocycles. The summed E-state index contributed by atoms with van der Waals surface area (Å²) in [5, 5.41) is 3.17. The highest BCUT2D eigenvalue weighted by Crippen LogP contribution is 2.23. The van der Waals surface area contributed by atoms with Crippen LogP contribution in [0.5, 0.6) is 0 Å². The Kier molecular flexibility index (Phi) is 5.90. The first kappa shape index (κ1) is 20.8. The summed E-state index contributed by atoms with van der Waals surface area (Å²) < 4.78 is 31.5. The molecule has 2 aromatic carbocycles. The minimum absolute atomic E-state index is 0.0614. The van der Waals surface area contributed by atoms with E-state index < -0.39 is 34.5 Å². The third-order valence-electron chi connectivity index (χ3n) is 4.13. The number of fused-ring (bicyclic) bond motifs is 1. The molecule has 1 amide bonds. The molecule has 2 N–H and O–H groups in total. The van der Waals surface area contributed by atoms with Crippen molar-refractivity contribution >= 4 is 45.0 Å². The number of amides is 1. The van der Waals surface area contributed by atoms with Gasteiger partial charge in [-0.3, -0.25) is 14.5 Å². The molecule has 152 valence electrons. The van der Waals surface area contributed by atoms with E-state index in [1.54, 1.807) is 43.3 Å². The van der Waals surface area contributed by atoms with Gasteiger partial charge in [-0.15, -0.1) is 0 Å². The molecule has 0 aliphatic carbocycles. The number of benzene rings is 2. The quantitative estimate of drug-likeness (QED) is 0.699. The molecule has 29 heavy (non-hydrogen) atoms. The fourth-order valence-corrected chi connectivity index (χ4v) is 4.15. The van der Waals surface area contributed by atoms with Crippen LogP contribution in [-0.4, -0.2) is 38.8 Å². The van der Waals surface area contributed by atoms with Gasteiger partial charge in [0, 0.05) is 16.3 Å². The number of rotatable bonds is 5. The summed E-state index contributed by atoms with van der Waals surface area (Å²) in [6.07, 6.45) is 0. The van der Waals surface area contributed by atoms with Crippen LogP contribution in [0.3, 0.4) is 0 Å². The summed E-state index contributed by atoms with van der Waals surface area (Å²) in [7, 11) is -3.70. The number of aliphatic imine (C=N–C) groups is 1. The number of esters is 1. The second-order valence-electron chi connectivity index (χ2n) is 6.37. The van der Waals surface area contributed by atoms with E-state index in [9.17, 15) is 18.0 Å². The van der Waals surface area contributed by atoms with Gasteiger partial charge in [0.2, 0.25) is 0 Å². The van der Waals surface area contributed by atoms with Gasteiger partial charge in [0.25, 0.3) is 15.9 Å². The summed E-state index contributed by atoms with van der Waals surface area (Å²) in [6, 6.07) is 10.3. The average molecular weight is 436 g/mol. The van der Waals surface area contributed by atoms with Gasteiger partial charge in [-0.05, 0) is 49.7 Å². The molecule has 1 aliphatic heterocycles. The first-order valence-corrected chi connectivity index (χ1v) is 10.5. The van der Waals surface area contributed by atoms with Crippen LogP contribution < -0.4 is 10.0 Å². The van der Waals surface area contributed by atoms with E-state index in [0.29, 0.717) is 16.3 Å². The number of nitrogens with one attached hydrogen (secondary N) is 2. The lowest BCUT2D eigenvalue weighted by molar-refractivity contribution is -0.148. The van der Waals surface area contributed by atoms with Crippen molar-refractivity contribution in [2.75, 3.05) is 11.9 Å². The van der Waals surface area contributed by atoms with E-state index in [1.165, 1.54) is 13.0 Å². The van der Waals surface area contributed by atoms with Crippen LogP contribution in [0.1, 0.15) is 18.1 Å². The largest absolute Gasteiger partial charge is 0.454 e. The molecule has 1 atom stereocenters. The molecule has 0 unspecified atom stereocenters. The smallest absolute Gasteiger partial charge is 0.331 e. The molecule has 0 radical (unpaired) electrons. The number of halogens is 1. The molecule has 0 fully saturated rings. The van der Waals surface area contributed by atoms with Crippen LogP contribution in [0, 0.1) is 6.92 Å². The lowest BCUT2D eigenvalue weighted by Crippen LogP contribution is -2.29. The zero-order chi connectivity index (χ0) is 21.2. The molecular weight excluding hydrogens is 418 g/mol. The van der Waals surface area contributed by atoms with Crippen molar-refractivity contribution < 1.29 is 22.7 Å². The van der Waals surface area contributed by atoms with Gasteiger partial charge in [-0.25, -0.2) is 13.2 Å². The molecule has 10 heteroatoms. The predicted molar refractivity (Wildman–Crippen MR) is 109 cm³/mol. The van der Waals surface area contributed by atoms with E-state index in [1.807, 2.05) is 0 Å². The normalized spacial score (nSPS) is 16.6. The van der Waals surface area contributed by atoms with Crippen molar-refractivity contribution in [3.8, 4) is 0 Å². The first-order valence-electron chi connectivity index (χ1n) is 8.60. The lowest BCUT2D eigenvalue weighted by atomic mass is 10.2. The molecule has 0 saturated heterocycles. The minimum Gasteiger partial charge on any atom is -0.454 e. The molecule has 1 heterocycles. The number of carbonyl (C=O) groups excluding carboxylic acids is 2. The number of hydrogen-bond donors (Lipinski definition) is 2. The Morgan fingerprint density at radius 3 is 2.69 bits per heavy atom. The van der Waals surface area contributed by atoms with Crippen molar-refractivity contribution in [3.05, 3.63) is 58.6 Å². The van der Waals surface area contributed by atoms with Crippen LogP contribution >= 0.6 is 11.6 Å². The summed E-state index contributed by atoms with van der Waals surface area (Å²) in [5.74, 6) is -1.22. The van der Waals surface area contributed by atoms with E-state index in [-0.39, 0.29) is 10.7 Å². The topological polar surface area (TPSA) is 114 Å². The molecule has 0 bridgehead atoms. The highest BCUT2D eigenvalue weighted by molar-refractivity contribution is 7.90. The Labute approximate surface area is 173 Å². The highest BCUT2D eigenvalue weighted by Gasteiger charge is 2.31. The predicted octanol–water partition coefficient (Wildman–Crippen LogP) is 2.26. The number of carbonyl (C=O) groups is 2. The van der Waals surface area contributed by atoms with Crippen molar-refractivity contribution in [3.63, 3.8) is 0 Å². The Hall–Kier alpha value is -2.91. The number of ether oxygens (including phenoxy) is 1. The van der Waals surface area contributed by atoms with E-state index in [2.05, 4.69) is 15.0 Å². The van der Waals surface area contributed by atoms with Gasteiger partial charge >= 0.3 is 5.97 Å². The van der Waals surface area contributed by atoms with Crippen LogP contribution in [-0.2, 0) is 24.3 Å². The number of anilines is 1. The maximum Gasteiger partial charge on any atom is 0.331 e. The van der Waals surface area contributed by atoms with Gasteiger partial charge in [0.1, 0.15) is 11.9 Å².